The standard InChI is InChI=1S/C13H22N4OS2/c1-3-19-7-8(2)15-12(18)10-11(14)17-13(20-10)16-9-5-4-6-9/h8-9H,3-7,14H2,1-2H3,(H,15,18)(H,16,17). The van der Waals surface area contributed by atoms with Crippen LogP contribution in [0.5, 0.6) is 0 Å². The molecule has 0 aromatic carbocycles. The van der Waals surface area contributed by atoms with Crippen LogP contribution in [0.1, 0.15) is 42.8 Å². The zero-order chi connectivity index (χ0) is 14.5. The zero-order valence-electron chi connectivity index (χ0n) is 11.9. The summed E-state index contributed by atoms with van der Waals surface area (Å²) < 4.78 is 0. The monoisotopic (exact) mass is 314 g/mol. The van der Waals surface area contributed by atoms with E-state index < -0.39 is 0 Å². The molecular weight excluding hydrogens is 292 g/mol. The first-order valence-electron chi connectivity index (χ1n) is 7.01. The van der Waals surface area contributed by atoms with Crippen LogP contribution in [0.4, 0.5) is 10.9 Å². The highest BCUT2D eigenvalue weighted by molar-refractivity contribution is 7.99. The van der Waals surface area contributed by atoms with Crippen molar-refractivity contribution < 1.29 is 4.79 Å². The quantitative estimate of drug-likeness (QED) is 0.721. The number of nitrogens with one attached hydrogen (secondary N) is 2. The van der Waals surface area contributed by atoms with Crippen LogP contribution < -0.4 is 16.4 Å². The predicted octanol–water partition coefficient (Wildman–Crippen LogP) is 2.56. The Kier molecular flexibility index (Phi) is 5.54. The molecule has 1 aliphatic carbocycles. The van der Waals surface area contributed by atoms with Gasteiger partial charge in [-0.15, -0.1) is 0 Å². The molecule has 2 rings (SSSR count). The van der Waals surface area contributed by atoms with E-state index >= 15 is 0 Å². The van der Waals surface area contributed by atoms with Crippen LogP contribution in [0.15, 0.2) is 0 Å². The van der Waals surface area contributed by atoms with Crippen LogP contribution in [-0.2, 0) is 0 Å². The largest absolute Gasteiger partial charge is 0.382 e. The third-order valence-corrected chi connectivity index (χ3v) is 5.39. The molecule has 1 heterocycles. The van der Waals surface area contributed by atoms with E-state index in [2.05, 4.69) is 22.5 Å². The zero-order valence-corrected chi connectivity index (χ0v) is 13.6. The van der Waals surface area contributed by atoms with Gasteiger partial charge in [0, 0.05) is 17.8 Å². The van der Waals surface area contributed by atoms with Gasteiger partial charge in [-0.05, 0) is 31.9 Å². The van der Waals surface area contributed by atoms with Gasteiger partial charge in [-0.25, -0.2) is 4.98 Å². The van der Waals surface area contributed by atoms with Gasteiger partial charge in [0.05, 0.1) is 0 Å². The van der Waals surface area contributed by atoms with Gasteiger partial charge in [0.15, 0.2) is 5.13 Å². The van der Waals surface area contributed by atoms with Crippen LogP contribution in [-0.4, -0.2) is 34.5 Å². The summed E-state index contributed by atoms with van der Waals surface area (Å²) >= 11 is 3.16. The molecule has 7 heteroatoms. The lowest BCUT2D eigenvalue weighted by Gasteiger charge is -2.25. The Bertz CT molecular complexity index is 459. The normalized spacial score (nSPS) is 16.5. The molecule has 1 amide bonds. The molecule has 4 N–H and O–H groups in total. The number of amides is 1. The summed E-state index contributed by atoms with van der Waals surface area (Å²) in [5, 5.41) is 7.05. The maximum Gasteiger partial charge on any atom is 0.265 e. The number of rotatable bonds is 7. The number of nitrogens with two attached hydrogens (primary N) is 1. The number of thioether (sulfide) groups is 1. The number of nitrogen functional groups attached to an aromatic ring is 1. The Balaban J connectivity index is 1.91. The lowest BCUT2D eigenvalue weighted by Crippen LogP contribution is -2.34. The molecule has 1 unspecified atom stereocenters. The van der Waals surface area contributed by atoms with E-state index in [1.54, 1.807) is 0 Å². The molecule has 1 aromatic heterocycles. The average molecular weight is 314 g/mol. The van der Waals surface area contributed by atoms with Crippen molar-refractivity contribution in [2.75, 3.05) is 22.6 Å². The van der Waals surface area contributed by atoms with Crippen molar-refractivity contribution in [2.24, 2.45) is 0 Å². The molecular formula is C13H22N4OS2. The second-order valence-electron chi connectivity index (χ2n) is 5.04. The third kappa shape index (κ3) is 4.02. The fourth-order valence-corrected chi connectivity index (χ4v) is 3.45. The summed E-state index contributed by atoms with van der Waals surface area (Å²) in [6.07, 6.45) is 3.61. The second-order valence-corrected chi connectivity index (χ2v) is 7.36. The highest BCUT2D eigenvalue weighted by Crippen LogP contribution is 2.29. The van der Waals surface area contributed by atoms with Crippen molar-refractivity contribution >= 4 is 40.0 Å². The molecule has 1 atom stereocenters. The van der Waals surface area contributed by atoms with Gasteiger partial charge < -0.3 is 16.4 Å². The Morgan fingerprint density at radius 3 is 2.95 bits per heavy atom. The SMILES string of the molecule is CCSCC(C)NC(=O)c1sc(NC2CCC2)nc1N. The van der Waals surface area contributed by atoms with Crippen LogP contribution in [0.25, 0.3) is 0 Å². The molecule has 0 bridgehead atoms. The van der Waals surface area contributed by atoms with Gasteiger partial charge in [-0.3, -0.25) is 4.79 Å². The molecule has 1 fully saturated rings. The lowest BCUT2D eigenvalue weighted by atomic mass is 9.93. The fourth-order valence-electron chi connectivity index (χ4n) is 1.91. The van der Waals surface area contributed by atoms with Crippen LogP contribution in [0, 0.1) is 0 Å². The van der Waals surface area contributed by atoms with Crippen LogP contribution in [0.2, 0.25) is 0 Å². The predicted molar refractivity (Wildman–Crippen MR) is 87.7 cm³/mol. The molecule has 0 spiro atoms. The van der Waals surface area contributed by atoms with E-state index in [1.807, 2.05) is 18.7 Å². The highest BCUT2D eigenvalue weighted by Gasteiger charge is 2.22. The van der Waals surface area contributed by atoms with Gasteiger partial charge in [0.2, 0.25) is 0 Å². The Hall–Kier alpha value is -0.950. The third-order valence-electron chi connectivity index (χ3n) is 3.24. The van der Waals surface area contributed by atoms with Crippen molar-refractivity contribution in [3.63, 3.8) is 0 Å². The molecule has 112 valence electrons. The van der Waals surface area contributed by atoms with Crippen LogP contribution in [0.3, 0.4) is 0 Å². The van der Waals surface area contributed by atoms with Crippen molar-refractivity contribution in [2.45, 2.75) is 45.2 Å². The second kappa shape index (κ2) is 7.17. The van der Waals surface area contributed by atoms with Crippen molar-refractivity contribution in [3.05, 3.63) is 4.88 Å². The maximum absolute atomic E-state index is 12.2. The number of carbonyl (C=O) groups is 1. The maximum atomic E-state index is 12.2. The molecule has 0 saturated heterocycles. The molecule has 5 nitrogen and oxygen atoms in total. The summed E-state index contributed by atoms with van der Waals surface area (Å²) in [5.74, 6) is 2.17. The Morgan fingerprint density at radius 2 is 2.35 bits per heavy atom. The van der Waals surface area contributed by atoms with E-state index in [0.29, 0.717) is 16.7 Å². The average Bonchev–Trinajstić information content (AvgIpc) is 2.72. The van der Waals surface area contributed by atoms with Gasteiger partial charge in [-0.1, -0.05) is 18.3 Å². The van der Waals surface area contributed by atoms with E-state index in [-0.39, 0.29) is 11.9 Å². The Labute approximate surface area is 128 Å². The van der Waals surface area contributed by atoms with Gasteiger partial charge >= 0.3 is 0 Å². The molecule has 20 heavy (non-hydrogen) atoms. The summed E-state index contributed by atoms with van der Waals surface area (Å²) in [7, 11) is 0. The Morgan fingerprint density at radius 1 is 1.60 bits per heavy atom. The molecule has 0 radical (unpaired) electrons. The topological polar surface area (TPSA) is 80.0 Å². The van der Waals surface area contributed by atoms with E-state index in [0.717, 1.165) is 16.6 Å². The van der Waals surface area contributed by atoms with E-state index in [4.69, 9.17) is 5.73 Å². The minimum Gasteiger partial charge on any atom is -0.382 e. The van der Waals surface area contributed by atoms with Crippen molar-refractivity contribution in [1.29, 1.82) is 0 Å². The van der Waals surface area contributed by atoms with E-state index in [9.17, 15) is 4.79 Å². The van der Waals surface area contributed by atoms with Crippen LogP contribution >= 0.6 is 23.1 Å². The molecule has 1 aromatic rings. The van der Waals surface area contributed by atoms with Gasteiger partial charge in [-0.2, -0.15) is 11.8 Å². The number of aromatic nitrogens is 1. The number of thiazole rings is 1. The first kappa shape index (κ1) is 15.4. The summed E-state index contributed by atoms with van der Waals surface area (Å²) in [5.41, 5.74) is 5.85. The van der Waals surface area contributed by atoms with Gasteiger partial charge in [0.1, 0.15) is 10.7 Å². The summed E-state index contributed by atoms with van der Waals surface area (Å²) in [6.45, 7) is 4.12. The number of carbonyl (C=O) groups excluding carboxylic acids is 1. The minimum absolute atomic E-state index is 0.120. The summed E-state index contributed by atoms with van der Waals surface area (Å²) in [6, 6.07) is 0.633. The van der Waals surface area contributed by atoms with E-state index in [1.165, 1.54) is 30.6 Å². The fraction of sp³-hybridized carbons (Fsp3) is 0.692. The first-order chi connectivity index (χ1) is 9.60. The smallest absolute Gasteiger partial charge is 0.265 e. The number of nitrogens with zero attached hydrogens (tertiary/aromatic N) is 1. The van der Waals surface area contributed by atoms with Crippen molar-refractivity contribution in [1.82, 2.24) is 10.3 Å². The summed E-state index contributed by atoms with van der Waals surface area (Å²) in [4.78, 5) is 16.9. The minimum atomic E-state index is -0.120. The lowest BCUT2D eigenvalue weighted by molar-refractivity contribution is 0.0948. The molecule has 1 saturated carbocycles. The highest BCUT2D eigenvalue weighted by atomic mass is 32.2. The number of anilines is 2. The van der Waals surface area contributed by atoms with Gasteiger partial charge in [0.25, 0.3) is 5.91 Å². The van der Waals surface area contributed by atoms with Crippen molar-refractivity contribution in [3.8, 4) is 0 Å². The molecule has 0 aliphatic heterocycles. The molecule has 1 aliphatic rings. The number of hydrogen-bond donors (Lipinski definition) is 3. The number of hydrogen-bond acceptors (Lipinski definition) is 6. The first-order valence-corrected chi connectivity index (χ1v) is 8.98.